The second-order valence-electron chi connectivity index (χ2n) is 8.35. The van der Waals surface area contributed by atoms with Gasteiger partial charge in [-0.2, -0.15) is 13.2 Å². The fourth-order valence-electron chi connectivity index (χ4n) is 3.59. The van der Waals surface area contributed by atoms with Gasteiger partial charge < -0.3 is 10.2 Å². The number of amides is 1. The highest BCUT2D eigenvalue weighted by Crippen LogP contribution is 2.44. The first-order chi connectivity index (χ1) is 15.7. The first kappa shape index (κ1) is 24.1. The van der Waals surface area contributed by atoms with Crippen molar-refractivity contribution in [2.75, 3.05) is 16.5 Å². The lowest BCUT2D eigenvalue weighted by molar-refractivity contribution is -0.138. The molecule has 0 fully saturated rings. The van der Waals surface area contributed by atoms with Crippen molar-refractivity contribution in [3.8, 4) is 0 Å². The number of alkyl halides is 3. The molecular weight excluding hydrogens is 491 g/mol. The Morgan fingerprint density at radius 1 is 1.18 bits per heavy atom. The van der Waals surface area contributed by atoms with Crippen molar-refractivity contribution in [3.05, 3.63) is 58.4 Å². The monoisotopic (exact) mass is 511 g/mol. The van der Waals surface area contributed by atoms with Crippen molar-refractivity contribution in [3.63, 3.8) is 0 Å². The lowest BCUT2D eigenvalue weighted by atomic mass is 10.0. The zero-order valence-electron chi connectivity index (χ0n) is 18.3. The van der Waals surface area contributed by atoms with E-state index in [4.69, 9.17) is 0 Å². The van der Waals surface area contributed by atoms with Crippen molar-refractivity contribution in [1.29, 1.82) is 0 Å². The summed E-state index contributed by atoms with van der Waals surface area (Å²) in [7, 11) is -3.31. The zero-order chi connectivity index (χ0) is 24.9. The number of rotatable bonds is 5. The van der Waals surface area contributed by atoms with Crippen molar-refractivity contribution in [2.24, 2.45) is 0 Å². The highest BCUT2D eigenvalue weighted by Gasteiger charge is 2.42. The number of thiazole rings is 1. The number of nitrogens with zero attached hydrogens (tertiary/aromatic N) is 4. The molecule has 0 unspecified atom stereocenters. The highest BCUT2D eigenvalue weighted by molar-refractivity contribution is 7.90. The second-order valence-corrected chi connectivity index (χ2v) is 11.4. The Bertz CT molecular complexity index is 1340. The summed E-state index contributed by atoms with van der Waals surface area (Å²) in [4.78, 5) is 27.6. The van der Waals surface area contributed by atoms with Crippen LogP contribution in [0.5, 0.6) is 0 Å². The molecule has 1 aliphatic heterocycles. The van der Waals surface area contributed by atoms with E-state index in [1.54, 1.807) is 17.0 Å². The van der Waals surface area contributed by atoms with Crippen LogP contribution >= 0.6 is 11.3 Å². The van der Waals surface area contributed by atoms with Crippen molar-refractivity contribution in [2.45, 2.75) is 43.4 Å². The molecule has 4 rings (SSSR count). The zero-order valence-corrected chi connectivity index (χ0v) is 20.0. The maximum Gasteiger partial charge on any atom is 0.419 e. The molecule has 0 saturated carbocycles. The minimum absolute atomic E-state index is 0.0448. The summed E-state index contributed by atoms with van der Waals surface area (Å²) in [6, 6.07) is 6.08. The summed E-state index contributed by atoms with van der Waals surface area (Å²) < 4.78 is 61.5. The predicted molar refractivity (Wildman–Crippen MR) is 120 cm³/mol. The number of anilines is 2. The van der Waals surface area contributed by atoms with Gasteiger partial charge in [0.25, 0.3) is 0 Å². The SMILES string of the molecule is CC1(C)c2nc(NC(=O)Cc3ccc(S(C)(=O)=O)cc3)sc2CN1c1ncc(C(F)(F)F)cn1. The standard InChI is InChI=1S/C21H20F3N5O3S2/c1-20(2)17-15(11-29(20)18-25-9-13(10-26-18)21(22,23)24)33-19(28-17)27-16(30)8-12-4-6-14(7-5-12)34(3,31)32/h4-7,9-10H,8,11H2,1-3H3,(H,27,28,30). The summed E-state index contributed by atoms with van der Waals surface area (Å²) in [6.07, 6.45) is -1.84. The van der Waals surface area contributed by atoms with E-state index in [9.17, 15) is 26.4 Å². The molecule has 2 aromatic heterocycles. The largest absolute Gasteiger partial charge is 0.419 e. The molecule has 3 heterocycles. The molecule has 0 saturated heterocycles. The lowest BCUT2D eigenvalue weighted by Crippen LogP contribution is -2.37. The number of benzene rings is 1. The number of nitrogens with one attached hydrogen (secondary N) is 1. The smallest absolute Gasteiger partial charge is 0.325 e. The van der Waals surface area contributed by atoms with Crippen LogP contribution in [0.15, 0.2) is 41.6 Å². The quantitative estimate of drug-likeness (QED) is 0.556. The molecule has 3 aromatic rings. The van der Waals surface area contributed by atoms with Crippen LogP contribution in [0.2, 0.25) is 0 Å². The summed E-state index contributed by atoms with van der Waals surface area (Å²) in [5, 5.41) is 3.16. The van der Waals surface area contributed by atoms with E-state index in [-0.39, 0.29) is 23.2 Å². The van der Waals surface area contributed by atoms with E-state index in [1.165, 1.54) is 23.5 Å². The van der Waals surface area contributed by atoms with Gasteiger partial charge in [-0.05, 0) is 31.5 Å². The number of aromatic nitrogens is 3. The molecule has 0 atom stereocenters. The summed E-state index contributed by atoms with van der Waals surface area (Å²) in [5.74, 6) is -0.147. The topological polar surface area (TPSA) is 105 Å². The van der Waals surface area contributed by atoms with Crippen LogP contribution in [-0.4, -0.2) is 35.5 Å². The van der Waals surface area contributed by atoms with E-state index in [0.29, 0.717) is 22.9 Å². The van der Waals surface area contributed by atoms with Gasteiger partial charge in [0.05, 0.1) is 39.5 Å². The minimum atomic E-state index is -4.51. The number of hydrogen-bond donors (Lipinski definition) is 1. The van der Waals surface area contributed by atoms with E-state index >= 15 is 0 Å². The van der Waals surface area contributed by atoms with Crippen molar-refractivity contribution in [1.82, 2.24) is 15.0 Å². The number of carbonyl (C=O) groups is 1. The second kappa shape index (κ2) is 8.31. The average molecular weight is 512 g/mol. The number of sulfone groups is 1. The predicted octanol–water partition coefficient (Wildman–Crippen LogP) is 3.79. The van der Waals surface area contributed by atoms with Crippen molar-refractivity contribution >= 4 is 38.2 Å². The molecule has 0 radical (unpaired) electrons. The third-order valence-corrected chi connectivity index (χ3v) is 7.51. The molecule has 1 aliphatic rings. The Morgan fingerprint density at radius 2 is 1.79 bits per heavy atom. The Labute approximate surface area is 197 Å². The summed E-state index contributed by atoms with van der Waals surface area (Å²) >= 11 is 1.28. The lowest BCUT2D eigenvalue weighted by Gasteiger charge is -2.31. The van der Waals surface area contributed by atoms with E-state index in [0.717, 1.165) is 23.5 Å². The molecule has 13 heteroatoms. The van der Waals surface area contributed by atoms with Gasteiger partial charge in [-0.1, -0.05) is 23.5 Å². The molecular formula is C21H20F3N5O3S2. The van der Waals surface area contributed by atoms with Crippen molar-refractivity contribution < 1.29 is 26.4 Å². The normalized spacial score (nSPS) is 15.3. The summed E-state index contributed by atoms with van der Waals surface area (Å²) in [6.45, 7) is 4.05. The van der Waals surface area contributed by atoms with Gasteiger partial charge in [0.1, 0.15) is 0 Å². The van der Waals surface area contributed by atoms with E-state index in [2.05, 4.69) is 20.3 Å². The molecule has 0 bridgehead atoms. The van der Waals surface area contributed by atoms with Gasteiger partial charge in [-0.3, -0.25) is 4.79 Å². The summed E-state index contributed by atoms with van der Waals surface area (Å²) in [5.41, 5.74) is -0.276. The number of halogens is 3. The number of hydrogen-bond acceptors (Lipinski definition) is 8. The Balaban J connectivity index is 1.45. The third-order valence-electron chi connectivity index (χ3n) is 5.42. The first-order valence-corrected chi connectivity index (χ1v) is 12.7. The Morgan fingerprint density at radius 3 is 2.32 bits per heavy atom. The molecule has 0 aliphatic carbocycles. The molecule has 34 heavy (non-hydrogen) atoms. The van der Waals surface area contributed by atoms with Crippen LogP contribution in [0.1, 0.15) is 35.5 Å². The maximum atomic E-state index is 12.8. The fraction of sp³-hybridized carbons (Fsp3) is 0.333. The first-order valence-electron chi connectivity index (χ1n) is 10.0. The van der Waals surface area contributed by atoms with Gasteiger partial charge in [-0.25, -0.2) is 23.4 Å². The van der Waals surface area contributed by atoms with Gasteiger partial charge in [0.15, 0.2) is 15.0 Å². The maximum absolute atomic E-state index is 12.8. The highest BCUT2D eigenvalue weighted by atomic mass is 32.2. The number of carbonyl (C=O) groups excluding carboxylic acids is 1. The van der Waals surface area contributed by atoms with E-state index < -0.39 is 27.1 Å². The molecule has 0 spiro atoms. The average Bonchev–Trinajstić information content (AvgIpc) is 3.24. The van der Waals surface area contributed by atoms with Crippen LogP contribution in [0.4, 0.5) is 24.3 Å². The van der Waals surface area contributed by atoms with Crippen LogP contribution in [0, 0.1) is 0 Å². The van der Waals surface area contributed by atoms with Gasteiger partial charge in [0.2, 0.25) is 11.9 Å². The Hall–Kier alpha value is -3.06. The van der Waals surface area contributed by atoms with Gasteiger partial charge in [0, 0.05) is 18.6 Å². The van der Waals surface area contributed by atoms with E-state index in [1.807, 2.05) is 13.8 Å². The Kier molecular flexibility index (Phi) is 5.88. The third kappa shape index (κ3) is 4.75. The molecule has 1 amide bonds. The molecule has 8 nitrogen and oxygen atoms in total. The van der Waals surface area contributed by atoms with Gasteiger partial charge >= 0.3 is 6.18 Å². The van der Waals surface area contributed by atoms with Crippen LogP contribution in [0.25, 0.3) is 0 Å². The fourth-order valence-corrected chi connectivity index (χ4v) is 5.34. The molecule has 1 N–H and O–H groups in total. The van der Waals surface area contributed by atoms with Crippen LogP contribution in [0.3, 0.4) is 0 Å². The number of fused-ring (bicyclic) bond motifs is 1. The van der Waals surface area contributed by atoms with Gasteiger partial charge in [-0.15, -0.1) is 0 Å². The minimum Gasteiger partial charge on any atom is -0.325 e. The molecule has 1 aromatic carbocycles. The van der Waals surface area contributed by atoms with Crippen LogP contribution in [-0.2, 0) is 39.3 Å². The van der Waals surface area contributed by atoms with Crippen LogP contribution < -0.4 is 10.2 Å². The molecule has 180 valence electrons.